The molecule has 0 aromatic rings. The van der Waals surface area contributed by atoms with Crippen molar-refractivity contribution in [1.82, 2.24) is 5.32 Å². The highest BCUT2D eigenvalue weighted by Crippen LogP contribution is 1.92. The van der Waals surface area contributed by atoms with E-state index in [1.54, 1.807) is 0 Å². The molecule has 0 spiro atoms. The van der Waals surface area contributed by atoms with Gasteiger partial charge in [-0.25, -0.2) is 0 Å². The molecule has 0 aromatic heterocycles. The molecule has 0 saturated carbocycles. The zero-order valence-corrected chi connectivity index (χ0v) is 7.78. The fraction of sp³-hybridized carbons (Fsp3) is 0.556. The van der Waals surface area contributed by atoms with Gasteiger partial charge in [-0.05, 0) is 19.9 Å². The Balaban J connectivity index is 0. The van der Waals surface area contributed by atoms with Crippen LogP contribution >= 0.6 is 0 Å². The molecule has 0 aliphatic heterocycles. The molecule has 1 heteroatoms. The summed E-state index contributed by atoms with van der Waals surface area (Å²) in [7, 11) is 1.90. The van der Waals surface area contributed by atoms with Gasteiger partial charge in [-0.15, -0.1) is 0 Å². The van der Waals surface area contributed by atoms with Crippen LogP contribution in [0.15, 0.2) is 23.9 Å². The first-order chi connectivity index (χ1) is 4.66. The standard InChI is InChI=1S/C7H13N.C2H6/c1-6(2)5-7(3)8-4;1-2/h5,8H,1H2,2-4H3;1-2H3/b7-5-;. The smallest absolute Gasteiger partial charge is 0.00748 e. The van der Waals surface area contributed by atoms with E-state index < -0.39 is 0 Å². The van der Waals surface area contributed by atoms with Crippen LogP contribution in [-0.4, -0.2) is 7.05 Å². The summed E-state index contributed by atoms with van der Waals surface area (Å²) in [4.78, 5) is 0. The molecule has 0 amide bonds. The summed E-state index contributed by atoms with van der Waals surface area (Å²) in [6, 6.07) is 0. The largest absolute Gasteiger partial charge is 0.392 e. The Labute approximate surface area is 64.8 Å². The van der Waals surface area contributed by atoms with Crippen LogP contribution in [0.5, 0.6) is 0 Å². The van der Waals surface area contributed by atoms with Crippen LogP contribution in [0.2, 0.25) is 0 Å². The highest BCUT2D eigenvalue weighted by molar-refractivity contribution is 5.15. The monoisotopic (exact) mass is 141 g/mol. The predicted octanol–water partition coefficient (Wildman–Crippen LogP) is 2.71. The minimum atomic E-state index is 1.08. The first kappa shape index (κ1) is 12.0. The van der Waals surface area contributed by atoms with E-state index >= 15 is 0 Å². The van der Waals surface area contributed by atoms with Gasteiger partial charge in [0, 0.05) is 12.7 Å². The molecule has 10 heavy (non-hydrogen) atoms. The normalized spacial score (nSPS) is 9.50. The van der Waals surface area contributed by atoms with E-state index in [-0.39, 0.29) is 0 Å². The van der Waals surface area contributed by atoms with Gasteiger partial charge >= 0.3 is 0 Å². The van der Waals surface area contributed by atoms with Crippen molar-refractivity contribution in [2.24, 2.45) is 0 Å². The maximum Gasteiger partial charge on any atom is 0.00748 e. The molecule has 0 heterocycles. The van der Waals surface area contributed by atoms with Crippen molar-refractivity contribution in [3.63, 3.8) is 0 Å². The van der Waals surface area contributed by atoms with Crippen molar-refractivity contribution < 1.29 is 0 Å². The number of hydrogen-bond acceptors (Lipinski definition) is 1. The van der Waals surface area contributed by atoms with E-state index in [2.05, 4.69) is 11.9 Å². The molecule has 0 aliphatic rings. The summed E-state index contributed by atoms with van der Waals surface area (Å²) in [5.41, 5.74) is 2.23. The lowest BCUT2D eigenvalue weighted by Gasteiger charge is -1.95. The summed E-state index contributed by atoms with van der Waals surface area (Å²) in [5.74, 6) is 0. The molecule has 0 atom stereocenters. The molecule has 0 rings (SSSR count). The van der Waals surface area contributed by atoms with Crippen LogP contribution in [0.4, 0.5) is 0 Å². The molecule has 0 saturated heterocycles. The molecule has 0 bridgehead atoms. The van der Waals surface area contributed by atoms with Crippen LogP contribution < -0.4 is 5.32 Å². The van der Waals surface area contributed by atoms with Crippen molar-refractivity contribution in [1.29, 1.82) is 0 Å². The molecule has 0 aliphatic carbocycles. The van der Waals surface area contributed by atoms with E-state index in [9.17, 15) is 0 Å². The minimum Gasteiger partial charge on any atom is -0.392 e. The summed E-state index contributed by atoms with van der Waals surface area (Å²) in [5, 5.41) is 3.00. The maximum atomic E-state index is 3.73. The van der Waals surface area contributed by atoms with Gasteiger partial charge in [-0.3, -0.25) is 0 Å². The van der Waals surface area contributed by atoms with Crippen LogP contribution in [0.3, 0.4) is 0 Å². The van der Waals surface area contributed by atoms with Crippen LogP contribution in [0, 0.1) is 0 Å². The van der Waals surface area contributed by atoms with E-state index in [1.807, 2.05) is 40.8 Å². The molecule has 0 aromatic carbocycles. The Hall–Kier alpha value is -0.720. The second kappa shape index (κ2) is 8.28. The fourth-order valence-electron chi connectivity index (χ4n) is 0.442. The maximum absolute atomic E-state index is 3.73. The average Bonchev–Trinajstić information content (AvgIpc) is 1.91. The topological polar surface area (TPSA) is 12.0 Å². The second-order valence-corrected chi connectivity index (χ2v) is 1.92. The second-order valence-electron chi connectivity index (χ2n) is 1.92. The van der Waals surface area contributed by atoms with Gasteiger partial charge in [0.2, 0.25) is 0 Å². The molecule has 0 unspecified atom stereocenters. The molecule has 60 valence electrons. The molecule has 0 fully saturated rings. The highest BCUT2D eigenvalue weighted by Gasteiger charge is 1.78. The number of allylic oxidation sites excluding steroid dienone is 3. The van der Waals surface area contributed by atoms with Gasteiger partial charge in [0.25, 0.3) is 0 Å². The number of rotatable bonds is 2. The Morgan fingerprint density at radius 1 is 1.30 bits per heavy atom. The summed E-state index contributed by atoms with van der Waals surface area (Å²) in [6.45, 7) is 11.7. The molecular formula is C9H19N. The van der Waals surface area contributed by atoms with Crippen molar-refractivity contribution in [3.8, 4) is 0 Å². The lowest BCUT2D eigenvalue weighted by atomic mass is 10.3. The Bertz CT molecular complexity index is 112. The van der Waals surface area contributed by atoms with Gasteiger partial charge in [0.05, 0.1) is 0 Å². The van der Waals surface area contributed by atoms with E-state index in [1.165, 1.54) is 0 Å². The van der Waals surface area contributed by atoms with Gasteiger partial charge in [-0.2, -0.15) is 0 Å². The lowest BCUT2D eigenvalue weighted by molar-refractivity contribution is 0.986. The number of hydrogen-bond donors (Lipinski definition) is 1. The SMILES string of the molecule is C=C(C)/C=C(/C)NC.CC. The Morgan fingerprint density at radius 2 is 1.70 bits per heavy atom. The van der Waals surface area contributed by atoms with Crippen molar-refractivity contribution in [3.05, 3.63) is 23.9 Å². The summed E-state index contributed by atoms with van der Waals surface area (Å²) in [6.07, 6.45) is 2.00. The van der Waals surface area contributed by atoms with Gasteiger partial charge < -0.3 is 5.32 Å². The Morgan fingerprint density at radius 3 is 1.80 bits per heavy atom. The van der Waals surface area contributed by atoms with E-state index in [4.69, 9.17) is 0 Å². The minimum absolute atomic E-state index is 1.08. The third-order valence-corrected chi connectivity index (χ3v) is 0.857. The first-order valence-electron chi connectivity index (χ1n) is 3.68. The summed E-state index contributed by atoms with van der Waals surface area (Å²) < 4.78 is 0. The zero-order valence-electron chi connectivity index (χ0n) is 7.78. The highest BCUT2D eigenvalue weighted by atomic mass is 14.8. The third-order valence-electron chi connectivity index (χ3n) is 0.857. The third kappa shape index (κ3) is 10.3. The fourth-order valence-corrected chi connectivity index (χ4v) is 0.442. The molecule has 1 nitrogen and oxygen atoms in total. The van der Waals surface area contributed by atoms with Crippen LogP contribution in [-0.2, 0) is 0 Å². The van der Waals surface area contributed by atoms with Crippen molar-refractivity contribution in [2.45, 2.75) is 27.7 Å². The van der Waals surface area contributed by atoms with Crippen molar-refractivity contribution >= 4 is 0 Å². The van der Waals surface area contributed by atoms with Crippen LogP contribution in [0.25, 0.3) is 0 Å². The molecular weight excluding hydrogens is 122 g/mol. The van der Waals surface area contributed by atoms with Crippen molar-refractivity contribution in [2.75, 3.05) is 7.05 Å². The predicted molar refractivity (Wildman–Crippen MR) is 49.0 cm³/mol. The van der Waals surface area contributed by atoms with Gasteiger partial charge in [0.15, 0.2) is 0 Å². The lowest BCUT2D eigenvalue weighted by Crippen LogP contribution is -2.00. The molecule has 1 N–H and O–H groups in total. The number of nitrogens with one attached hydrogen (secondary N) is 1. The van der Waals surface area contributed by atoms with E-state index in [0.29, 0.717) is 0 Å². The van der Waals surface area contributed by atoms with Crippen LogP contribution in [0.1, 0.15) is 27.7 Å². The summed E-state index contributed by atoms with van der Waals surface area (Å²) >= 11 is 0. The Kier molecular flexibility index (Phi) is 9.94. The quantitative estimate of drug-likeness (QED) is 0.583. The first-order valence-corrected chi connectivity index (χ1v) is 3.68. The zero-order chi connectivity index (χ0) is 8.57. The van der Waals surface area contributed by atoms with Gasteiger partial charge in [0.1, 0.15) is 0 Å². The van der Waals surface area contributed by atoms with Gasteiger partial charge in [-0.1, -0.05) is 26.0 Å². The molecule has 0 radical (unpaired) electrons. The average molecular weight is 141 g/mol. The van der Waals surface area contributed by atoms with E-state index in [0.717, 1.165) is 11.3 Å².